The third-order valence-electron chi connectivity index (χ3n) is 8.48. The van der Waals surface area contributed by atoms with Crippen molar-refractivity contribution in [3.63, 3.8) is 0 Å². The minimum absolute atomic E-state index is 0.248. The maximum Gasteiger partial charge on any atom is 0.187 e. The summed E-state index contributed by atoms with van der Waals surface area (Å²) in [4.78, 5) is 0. The molecule has 0 amide bonds. The van der Waals surface area contributed by atoms with E-state index < -0.39 is 116 Å². The van der Waals surface area contributed by atoms with Crippen molar-refractivity contribution in [1.29, 1.82) is 0 Å². The van der Waals surface area contributed by atoms with Crippen molar-refractivity contribution in [2.45, 2.75) is 137 Å². The number of hydrogen-bond acceptors (Lipinski definition) is 17. The maximum absolute atomic E-state index is 11.1. The summed E-state index contributed by atoms with van der Waals surface area (Å²) in [5.41, 5.74) is -2.72. The van der Waals surface area contributed by atoms with Gasteiger partial charge in [-0.25, -0.2) is 0 Å². The van der Waals surface area contributed by atoms with E-state index >= 15 is 0 Å². The lowest BCUT2D eigenvalue weighted by molar-refractivity contribution is -0.320. The SMILES string of the molecule is CC(C)(O[C@@H]1CO[C@@H](O)[C@@H](O)C1O)[C@@H]1OC[C@@H](OC(C)(C)[C@@H]2OC[C@@H](O)C(O)C2O[C@@H]2O[C@@H](CO)C(O)C2O)C(O)C1O. The molecule has 4 aliphatic rings. The van der Waals surface area contributed by atoms with E-state index in [2.05, 4.69) is 0 Å². The summed E-state index contributed by atoms with van der Waals surface area (Å²) in [5.74, 6) is 0. The van der Waals surface area contributed by atoms with Crippen LogP contribution in [0.15, 0.2) is 0 Å². The Morgan fingerprint density at radius 1 is 0.605 bits per heavy atom. The maximum atomic E-state index is 11.1. The van der Waals surface area contributed by atoms with Crippen LogP contribution >= 0.6 is 0 Å². The van der Waals surface area contributed by atoms with E-state index in [-0.39, 0.29) is 19.8 Å². The highest BCUT2D eigenvalue weighted by Gasteiger charge is 2.55. The molecule has 0 saturated carbocycles. The molecule has 4 heterocycles. The first kappa shape index (κ1) is 35.2. The molecule has 4 aliphatic heterocycles. The van der Waals surface area contributed by atoms with Crippen LogP contribution in [-0.2, 0) is 33.2 Å². The monoisotopic (exact) mass is 630 g/mol. The molecule has 17 nitrogen and oxygen atoms in total. The van der Waals surface area contributed by atoms with Gasteiger partial charge in [-0.2, -0.15) is 0 Å². The summed E-state index contributed by atoms with van der Waals surface area (Å²) in [6, 6.07) is 0. The predicted octanol–water partition coefficient (Wildman–Crippen LogP) is -5.55. The van der Waals surface area contributed by atoms with Gasteiger partial charge in [-0.1, -0.05) is 0 Å². The molecule has 252 valence electrons. The smallest absolute Gasteiger partial charge is 0.187 e. The van der Waals surface area contributed by atoms with Gasteiger partial charge in [0.2, 0.25) is 0 Å². The average Bonchev–Trinajstić information content (AvgIpc) is 3.21. The summed E-state index contributed by atoms with van der Waals surface area (Å²) in [6.07, 6.45) is -22.2. The molecular formula is C26H46O17. The van der Waals surface area contributed by atoms with Crippen LogP contribution in [0, 0.1) is 0 Å². The lowest BCUT2D eigenvalue weighted by Gasteiger charge is -2.50. The molecule has 0 radical (unpaired) electrons. The van der Waals surface area contributed by atoms with Crippen molar-refractivity contribution in [2.24, 2.45) is 0 Å². The van der Waals surface area contributed by atoms with Gasteiger partial charge in [0.25, 0.3) is 0 Å². The van der Waals surface area contributed by atoms with Gasteiger partial charge < -0.3 is 84.2 Å². The highest BCUT2D eigenvalue weighted by molar-refractivity contribution is 5.02. The number of hydrogen-bond donors (Lipinski definition) is 10. The fourth-order valence-electron chi connectivity index (χ4n) is 5.98. The molecule has 0 aliphatic carbocycles. The van der Waals surface area contributed by atoms with Crippen molar-refractivity contribution in [3.05, 3.63) is 0 Å². The zero-order valence-corrected chi connectivity index (χ0v) is 24.4. The summed E-state index contributed by atoms with van der Waals surface area (Å²) in [7, 11) is 0. The Morgan fingerprint density at radius 3 is 1.72 bits per heavy atom. The lowest BCUT2D eigenvalue weighted by Crippen LogP contribution is -2.66. The summed E-state index contributed by atoms with van der Waals surface area (Å²) < 4.78 is 39.8. The molecule has 7 unspecified atom stereocenters. The quantitative estimate of drug-likeness (QED) is 0.114. The zero-order chi connectivity index (χ0) is 32.0. The topological polar surface area (TPSA) is 267 Å². The molecule has 43 heavy (non-hydrogen) atoms. The zero-order valence-electron chi connectivity index (χ0n) is 24.4. The van der Waals surface area contributed by atoms with Crippen molar-refractivity contribution < 1.29 is 84.2 Å². The van der Waals surface area contributed by atoms with E-state index in [1.165, 1.54) is 0 Å². The average molecular weight is 631 g/mol. The van der Waals surface area contributed by atoms with Crippen molar-refractivity contribution in [2.75, 3.05) is 26.4 Å². The fraction of sp³-hybridized carbons (Fsp3) is 1.00. The second-order valence-electron chi connectivity index (χ2n) is 12.6. The molecule has 0 spiro atoms. The van der Waals surface area contributed by atoms with Crippen LogP contribution in [0.25, 0.3) is 0 Å². The van der Waals surface area contributed by atoms with E-state index in [4.69, 9.17) is 33.2 Å². The van der Waals surface area contributed by atoms with E-state index in [9.17, 15) is 51.1 Å². The van der Waals surface area contributed by atoms with Crippen LogP contribution in [0.2, 0.25) is 0 Å². The van der Waals surface area contributed by atoms with Gasteiger partial charge in [0, 0.05) is 0 Å². The molecule has 0 aromatic heterocycles. The largest absolute Gasteiger partial charge is 0.394 e. The first-order valence-electron chi connectivity index (χ1n) is 14.2. The minimum atomic E-state index is -1.61. The molecule has 0 aromatic rings. The van der Waals surface area contributed by atoms with E-state index in [0.717, 1.165) is 0 Å². The number of rotatable bonds is 9. The van der Waals surface area contributed by atoms with Gasteiger partial charge in [-0.05, 0) is 27.7 Å². The molecule has 0 aromatic carbocycles. The highest BCUT2D eigenvalue weighted by atomic mass is 16.7. The number of aliphatic hydroxyl groups excluding tert-OH is 10. The molecule has 17 heteroatoms. The predicted molar refractivity (Wildman–Crippen MR) is 138 cm³/mol. The third-order valence-corrected chi connectivity index (χ3v) is 8.48. The Morgan fingerprint density at radius 2 is 1.14 bits per heavy atom. The summed E-state index contributed by atoms with van der Waals surface area (Å²) in [5, 5.41) is 103. The lowest BCUT2D eigenvalue weighted by atomic mass is 9.86. The summed E-state index contributed by atoms with van der Waals surface area (Å²) >= 11 is 0. The molecule has 4 fully saturated rings. The van der Waals surface area contributed by atoms with Crippen molar-refractivity contribution in [3.8, 4) is 0 Å². The number of aliphatic hydroxyl groups is 10. The Kier molecular flexibility index (Phi) is 11.1. The minimum Gasteiger partial charge on any atom is -0.394 e. The Hall–Kier alpha value is -0.680. The van der Waals surface area contributed by atoms with E-state index in [1.807, 2.05) is 0 Å². The Labute approximate surface area is 248 Å². The second-order valence-corrected chi connectivity index (χ2v) is 12.6. The standard InChI is InChI=1S/C26H46O17/c1-25(2,42-12-8-39-23(36)18(34)16(12)32)21-17(33)15(31)11(7-38-21)43-26(3,4)22-20(13(29)9(28)6-37-22)41-24-19(35)14(30)10(5-27)40-24/h9-24,27-36H,5-8H2,1-4H3/t9-,10+,11-,12-,13?,14?,15?,16?,17?,18+,19?,20?,21-,22-,23-,24+/m1/s1. The van der Waals surface area contributed by atoms with Gasteiger partial charge >= 0.3 is 0 Å². The fourth-order valence-corrected chi connectivity index (χ4v) is 5.98. The molecule has 10 N–H and O–H groups in total. The molecule has 4 rings (SSSR count). The second kappa shape index (κ2) is 13.6. The van der Waals surface area contributed by atoms with Crippen LogP contribution in [0.5, 0.6) is 0 Å². The molecule has 16 atom stereocenters. The van der Waals surface area contributed by atoms with Crippen molar-refractivity contribution in [1.82, 2.24) is 0 Å². The van der Waals surface area contributed by atoms with E-state index in [1.54, 1.807) is 27.7 Å². The normalized spacial score (nSPS) is 48.4. The van der Waals surface area contributed by atoms with Crippen LogP contribution in [-0.4, -0.2) is 187 Å². The van der Waals surface area contributed by atoms with Crippen LogP contribution in [0.3, 0.4) is 0 Å². The third kappa shape index (κ3) is 7.18. The van der Waals surface area contributed by atoms with Crippen LogP contribution < -0.4 is 0 Å². The van der Waals surface area contributed by atoms with Crippen LogP contribution in [0.4, 0.5) is 0 Å². The first-order valence-corrected chi connectivity index (χ1v) is 14.2. The van der Waals surface area contributed by atoms with Gasteiger partial charge in [-0.15, -0.1) is 0 Å². The molecular weight excluding hydrogens is 584 g/mol. The Bertz CT molecular complexity index is 907. The van der Waals surface area contributed by atoms with Crippen LogP contribution in [0.1, 0.15) is 27.7 Å². The number of ether oxygens (including phenoxy) is 7. The van der Waals surface area contributed by atoms with Gasteiger partial charge in [0.1, 0.15) is 85.5 Å². The molecule has 0 bridgehead atoms. The first-order chi connectivity index (χ1) is 20.0. The highest BCUT2D eigenvalue weighted by Crippen LogP contribution is 2.37. The van der Waals surface area contributed by atoms with E-state index in [0.29, 0.717) is 0 Å². The van der Waals surface area contributed by atoms with Crippen molar-refractivity contribution >= 4 is 0 Å². The summed E-state index contributed by atoms with van der Waals surface area (Å²) in [6.45, 7) is 4.79. The van der Waals surface area contributed by atoms with Gasteiger partial charge in [-0.3, -0.25) is 0 Å². The molecule has 4 saturated heterocycles. The van der Waals surface area contributed by atoms with Gasteiger partial charge in [0.05, 0.1) is 37.6 Å². The Balaban J connectivity index is 1.42. The van der Waals surface area contributed by atoms with Gasteiger partial charge in [0.15, 0.2) is 12.6 Å².